The van der Waals surface area contributed by atoms with E-state index in [0.717, 1.165) is 12.0 Å². The van der Waals surface area contributed by atoms with E-state index in [1.54, 1.807) is 6.08 Å². The zero-order chi connectivity index (χ0) is 11.4. The van der Waals surface area contributed by atoms with E-state index in [9.17, 15) is 4.55 Å². The van der Waals surface area contributed by atoms with Crippen molar-refractivity contribution in [2.75, 3.05) is 0 Å². The summed E-state index contributed by atoms with van der Waals surface area (Å²) in [4.78, 5) is 0. The van der Waals surface area contributed by atoms with Crippen molar-refractivity contribution in [1.82, 2.24) is 4.72 Å². The van der Waals surface area contributed by atoms with Crippen molar-refractivity contribution in [3.63, 3.8) is 0 Å². The van der Waals surface area contributed by atoms with E-state index in [2.05, 4.69) is 17.9 Å². The van der Waals surface area contributed by atoms with Crippen LogP contribution in [0.4, 0.5) is 0 Å². The fourth-order valence-electron chi connectivity index (χ4n) is 0.863. The molecule has 0 heterocycles. The van der Waals surface area contributed by atoms with Crippen LogP contribution in [-0.2, 0) is 11.4 Å². The van der Waals surface area contributed by atoms with Crippen molar-refractivity contribution in [2.24, 2.45) is 0 Å². The molecule has 0 spiro atoms. The fourth-order valence-corrected chi connectivity index (χ4v) is 1.67. The Morgan fingerprint density at radius 1 is 1.57 bits per heavy atom. The maximum Gasteiger partial charge on any atom is 0.136 e. The van der Waals surface area contributed by atoms with E-state index in [0.29, 0.717) is 0 Å². The molecule has 0 aromatic heterocycles. The van der Waals surface area contributed by atoms with E-state index >= 15 is 0 Å². The molecule has 2 atom stereocenters. The average Bonchev–Trinajstić information content (AvgIpc) is 2.00. The lowest BCUT2D eigenvalue weighted by molar-refractivity contribution is 0.534. The smallest absolute Gasteiger partial charge is 0.136 e. The predicted octanol–water partition coefficient (Wildman–Crippen LogP) is 2.56. The van der Waals surface area contributed by atoms with Gasteiger partial charge in [-0.3, -0.25) is 0 Å². The zero-order valence-electron chi connectivity index (χ0n) is 9.59. The molecule has 0 aliphatic carbocycles. The highest BCUT2D eigenvalue weighted by molar-refractivity contribution is 7.90. The second-order valence-electron chi connectivity index (χ2n) is 4.50. The molecule has 0 amide bonds. The summed E-state index contributed by atoms with van der Waals surface area (Å²) in [7, 11) is 0. The van der Waals surface area contributed by atoms with Gasteiger partial charge in [0, 0.05) is 11.4 Å². The Bertz CT molecular complexity index is 208. The van der Waals surface area contributed by atoms with Gasteiger partial charge in [0.1, 0.15) is 4.75 Å². The summed E-state index contributed by atoms with van der Waals surface area (Å²) in [6.45, 7) is 15.3. The second kappa shape index (κ2) is 5.59. The summed E-state index contributed by atoms with van der Waals surface area (Å²) in [6.07, 6.45) is 2.56. The van der Waals surface area contributed by atoms with Crippen LogP contribution in [0.5, 0.6) is 0 Å². The molecule has 0 bridgehead atoms. The van der Waals surface area contributed by atoms with Crippen LogP contribution in [0.25, 0.3) is 0 Å². The van der Waals surface area contributed by atoms with Crippen LogP contribution >= 0.6 is 0 Å². The molecule has 1 N–H and O–H groups in total. The van der Waals surface area contributed by atoms with Gasteiger partial charge in [-0.25, -0.2) is 0 Å². The Morgan fingerprint density at radius 2 is 2.07 bits per heavy atom. The topological polar surface area (TPSA) is 35.1 Å². The van der Waals surface area contributed by atoms with E-state index in [1.807, 2.05) is 27.7 Å². The number of nitrogens with one attached hydrogen (secondary N) is 1. The molecule has 0 rings (SSSR count). The molecule has 0 fully saturated rings. The van der Waals surface area contributed by atoms with Gasteiger partial charge >= 0.3 is 0 Å². The van der Waals surface area contributed by atoms with E-state index in [4.69, 9.17) is 0 Å². The van der Waals surface area contributed by atoms with Crippen LogP contribution in [0.15, 0.2) is 24.8 Å². The second-order valence-corrected chi connectivity index (χ2v) is 6.50. The van der Waals surface area contributed by atoms with Crippen LogP contribution in [0.3, 0.4) is 0 Å². The van der Waals surface area contributed by atoms with Gasteiger partial charge in [-0.05, 0) is 34.1 Å². The highest BCUT2D eigenvalue weighted by Gasteiger charge is 2.28. The minimum atomic E-state index is -1.05. The molecule has 0 aromatic rings. The third kappa shape index (κ3) is 5.47. The summed E-state index contributed by atoms with van der Waals surface area (Å²) >= 11 is -1.05. The number of hydrogen-bond donors (Lipinski definition) is 1. The SMILES string of the molecule is C=C[C@H](CC(=C)C)N[S@+]([O-])C(C)(C)C. The predicted molar refractivity (Wildman–Crippen MR) is 64.4 cm³/mol. The first kappa shape index (κ1) is 13.8. The van der Waals surface area contributed by atoms with E-state index in [-0.39, 0.29) is 10.8 Å². The highest BCUT2D eigenvalue weighted by atomic mass is 32.2. The Labute approximate surface area is 90.8 Å². The van der Waals surface area contributed by atoms with Gasteiger partial charge in [-0.15, -0.1) is 17.9 Å². The maximum atomic E-state index is 11.7. The summed E-state index contributed by atoms with van der Waals surface area (Å²) in [5, 5.41) is 0. The van der Waals surface area contributed by atoms with Gasteiger partial charge in [-0.2, -0.15) is 0 Å². The average molecular weight is 215 g/mol. The quantitative estimate of drug-likeness (QED) is 0.565. The lowest BCUT2D eigenvalue weighted by Gasteiger charge is -2.26. The molecular weight excluding hydrogens is 194 g/mol. The monoisotopic (exact) mass is 215 g/mol. The Hall–Kier alpha value is -0.250. The zero-order valence-corrected chi connectivity index (χ0v) is 10.4. The van der Waals surface area contributed by atoms with Gasteiger partial charge < -0.3 is 4.55 Å². The van der Waals surface area contributed by atoms with Gasteiger partial charge in [0.05, 0.1) is 6.04 Å². The molecule has 0 saturated heterocycles. The van der Waals surface area contributed by atoms with Crippen molar-refractivity contribution in [1.29, 1.82) is 0 Å². The fraction of sp³-hybridized carbons (Fsp3) is 0.636. The molecule has 82 valence electrons. The Kier molecular flexibility index (Phi) is 5.49. The standard InChI is InChI=1S/C11H21NOS/c1-7-10(8-9(2)3)12-14(13)11(4,5)6/h7,10,12H,1-2,8H2,3-6H3/t10-,14-/m1/s1. The minimum absolute atomic E-state index is 0.0487. The third-order valence-electron chi connectivity index (χ3n) is 1.67. The van der Waals surface area contributed by atoms with Crippen LogP contribution in [0.2, 0.25) is 0 Å². The van der Waals surface area contributed by atoms with E-state index < -0.39 is 11.4 Å². The number of hydrogen-bond acceptors (Lipinski definition) is 2. The van der Waals surface area contributed by atoms with E-state index in [1.165, 1.54) is 0 Å². The molecule has 0 saturated carbocycles. The molecule has 0 aliphatic heterocycles. The lowest BCUT2D eigenvalue weighted by atomic mass is 10.1. The van der Waals surface area contributed by atoms with Gasteiger partial charge in [0.25, 0.3) is 0 Å². The highest BCUT2D eigenvalue weighted by Crippen LogP contribution is 2.15. The summed E-state index contributed by atoms with van der Waals surface area (Å²) < 4.78 is 14.5. The van der Waals surface area contributed by atoms with Crippen LogP contribution in [-0.4, -0.2) is 15.3 Å². The van der Waals surface area contributed by atoms with Crippen molar-refractivity contribution in [2.45, 2.75) is 44.9 Å². The van der Waals surface area contributed by atoms with Crippen LogP contribution < -0.4 is 4.72 Å². The molecule has 3 heteroatoms. The first-order valence-corrected chi connectivity index (χ1v) is 5.87. The van der Waals surface area contributed by atoms with Gasteiger partial charge in [-0.1, -0.05) is 11.6 Å². The number of rotatable bonds is 5. The molecule has 0 aromatic carbocycles. The van der Waals surface area contributed by atoms with Crippen LogP contribution in [0.1, 0.15) is 34.1 Å². The first-order valence-electron chi connectivity index (χ1n) is 4.72. The molecule has 0 unspecified atom stereocenters. The minimum Gasteiger partial charge on any atom is -0.598 e. The normalized spacial score (nSPS) is 16.1. The van der Waals surface area contributed by atoms with Gasteiger partial charge in [0.2, 0.25) is 0 Å². The molecule has 2 nitrogen and oxygen atoms in total. The molecular formula is C11H21NOS. The lowest BCUT2D eigenvalue weighted by Crippen LogP contribution is -2.44. The summed E-state index contributed by atoms with van der Waals surface area (Å²) in [5.74, 6) is 0. The van der Waals surface area contributed by atoms with Crippen molar-refractivity contribution in [3.8, 4) is 0 Å². The van der Waals surface area contributed by atoms with Crippen molar-refractivity contribution < 1.29 is 4.55 Å². The van der Waals surface area contributed by atoms with Crippen molar-refractivity contribution >= 4 is 11.4 Å². The maximum absolute atomic E-state index is 11.7. The summed E-state index contributed by atoms with van der Waals surface area (Å²) in [6, 6.07) is 0.0487. The summed E-state index contributed by atoms with van der Waals surface area (Å²) in [5.41, 5.74) is 1.06. The molecule has 14 heavy (non-hydrogen) atoms. The van der Waals surface area contributed by atoms with Crippen LogP contribution in [0, 0.1) is 0 Å². The largest absolute Gasteiger partial charge is 0.598 e. The first-order chi connectivity index (χ1) is 6.27. The molecule has 0 aliphatic rings. The Balaban J connectivity index is 4.18. The Morgan fingerprint density at radius 3 is 2.36 bits per heavy atom. The van der Waals surface area contributed by atoms with Gasteiger partial charge in [0.15, 0.2) is 0 Å². The third-order valence-corrected chi connectivity index (χ3v) is 3.30. The van der Waals surface area contributed by atoms with Crippen molar-refractivity contribution in [3.05, 3.63) is 24.8 Å². The molecule has 0 radical (unpaired) electrons.